The van der Waals surface area contributed by atoms with Gasteiger partial charge in [-0.1, -0.05) is 19.8 Å². The maximum absolute atomic E-state index is 12.0. The number of rotatable bonds is 4. The van der Waals surface area contributed by atoms with Crippen molar-refractivity contribution in [3.8, 4) is 0 Å². The maximum Gasteiger partial charge on any atom is 0.242 e. The largest absolute Gasteiger partial charge is 0.382 e. The zero-order valence-corrected chi connectivity index (χ0v) is 13.3. The molecule has 1 aliphatic carbocycles. The molecule has 2 unspecified atom stereocenters. The lowest BCUT2D eigenvalue weighted by Crippen LogP contribution is -2.26. The highest BCUT2D eigenvalue weighted by Crippen LogP contribution is 2.26. The number of hydrogen-bond acceptors (Lipinski definition) is 3. The Morgan fingerprint density at radius 2 is 1.80 bits per heavy atom. The molecule has 20 heavy (non-hydrogen) atoms. The van der Waals surface area contributed by atoms with Gasteiger partial charge < -0.3 is 5.32 Å². The monoisotopic (exact) mass is 296 g/mol. The Hall–Kier alpha value is -1.07. The van der Waals surface area contributed by atoms with E-state index in [1.165, 1.54) is 30.0 Å². The third-order valence-electron chi connectivity index (χ3n) is 3.94. The van der Waals surface area contributed by atoms with Crippen molar-refractivity contribution in [2.24, 2.45) is 5.92 Å². The standard InChI is InChI=1S/C15H24N2O2S/c1-12-5-4-6-14(11-12)16-13-7-9-15(10-8-13)20(18,19)17(2)3/h7-10,12,14,16H,4-6,11H2,1-3H3. The van der Waals surface area contributed by atoms with Crippen LogP contribution in [0.3, 0.4) is 0 Å². The van der Waals surface area contributed by atoms with Crippen LogP contribution in [0.1, 0.15) is 32.6 Å². The summed E-state index contributed by atoms with van der Waals surface area (Å²) in [6.07, 6.45) is 4.98. The van der Waals surface area contributed by atoms with Crippen LogP contribution in [0.25, 0.3) is 0 Å². The highest BCUT2D eigenvalue weighted by atomic mass is 32.2. The SMILES string of the molecule is CC1CCCC(Nc2ccc(S(=O)(=O)N(C)C)cc2)C1. The fraction of sp³-hybridized carbons (Fsp3) is 0.600. The molecular formula is C15H24N2O2S. The summed E-state index contributed by atoms with van der Waals surface area (Å²) in [6, 6.07) is 7.56. The Morgan fingerprint density at radius 3 is 2.35 bits per heavy atom. The van der Waals surface area contributed by atoms with Crippen molar-refractivity contribution < 1.29 is 8.42 Å². The molecule has 1 fully saturated rings. The molecule has 0 heterocycles. The number of benzene rings is 1. The van der Waals surface area contributed by atoms with Crippen molar-refractivity contribution in [2.45, 2.75) is 43.5 Å². The molecule has 1 aliphatic rings. The second-order valence-electron chi connectivity index (χ2n) is 5.92. The van der Waals surface area contributed by atoms with E-state index in [1.807, 2.05) is 12.1 Å². The van der Waals surface area contributed by atoms with Crippen molar-refractivity contribution in [1.29, 1.82) is 0 Å². The smallest absolute Gasteiger partial charge is 0.242 e. The van der Waals surface area contributed by atoms with Crippen LogP contribution in [-0.2, 0) is 10.0 Å². The molecule has 0 aliphatic heterocycles. The molecule has 2 rings (SSSR count). The van der Waals surface area contributed by atoms with E-state index in [1.54, 1.807) is 26.2 Å². The van der Waals surface area contributed by atoms with Crippen LogP contribution in [0.2, 0.25) is 0 Å². The maximum atomic E-state index is 12.0. The zero-order valence-electron chi connectivity index (χ0n) is 12.5. The van der Waals surface area contributed by atoms with Gasteiger partial charge in [-0.05, 0) is 43.0 Å². The van der Waals surface area contributed by atoms with Gasteiger partial charge >= 0.3 is 0 Å². The van der Waals surface area contributed by atoms with Crippen LogP contribution in [0, 0.1) is 5.92 Å². The second kappa shape index (κ2) is 6.14. The van der Waals surface area contributed by atoms with Crippen LogP contribution >= 0.6 is 0 Å². The predicted molar refractivity (Wildman–Crippen MR) is 82.4 cm³/mol. The van der Waals surface area contributed by atoms with Gasteiger partial charge in [-0.25, -0.2) is 12.7 Å². The fourth-order valence-electron chi connectivity index (χ4n) is 2.73. The molecule has 1 N–H and O–H groups in total. The van der Waals surface area contributed by atoms with Gasteiger partial charge in [0, 0.05) is 25.8 Å². The molecule has 1 aromatic carbocycles. The normalized spacial score (nSPS) is 23.8. The van der Waals surface area contributed by atoms with Crippen LogP contribution < -0.4 is 5.32 Å². The number of nitrogens with one attached hydrogen (secondary N) is 1. The average molecular weight is 296 g/mol. The van der Waals surface area contributed by atoms with E-state index < -0.39 is 10.0 Å². The first-order chi connectivity index (χ1) is 9.39. The summed E-state index contributed by atoms with van der Waals surface area (Å²) in [5, 5.41) is 3.51. The van der Waals surface area contributed by atoms with E-state index in [9.17, 15) is 8.42 Å². The summed E-state index contributed by atoms with van der Waals surface area (Å²) in [6.45, 7) is 2.29. The second-order valence-corrected chi connectivity index (χ2v) is 8.08. The topological polar surface area (TPSA) is 49.4 Å². The van der Waals surface area contributed by atoms with Gasteiger partial charge in [0.15, 0.2) is 0 Å². The first-order valence-corrected chi connectivity index (χ1v) is 8.62. The van der Waals surface area contributed by atoms with E-state index in [4.69, 9.17) is 0 Å². The number of sulfonamides is 1. The molecule has 5 heteroatoms. The number of hydrogen-bond donors (Lipinski definition) is 1. The Bertz CT molecular complexity index is 537. The van der Waals surface area contributed by atoms with E-state index in [-0.39, 0.29) is 0 Å². The molecule has 1 aromatic rings. The summed E-state index contributed by atoms with van der Waals surface area (Å²) in [7, 11) is -0.237. The fourth-order valence-corrected chi connectivity index (χ4v) is 3.64. The molecule has 0 amide bonds. The molecule has 0 aromatic heterocycles. The summed E-state index contributed by atoms with van der Waals surface area (Å²) in [5.74, 6) is 0.773. The summed E-state index contributed by atoms with van der Waals surface area (Å²) in [4.78, 5) is 0.338. The van der Waals surface area contributed by atoms with Gasteiger partial charge in [-0.15, -0.1) is 0 Å². The molecule has 112 valence electrons. The minimum Gasteiger partial charge on any atom is -0.382 e. The third-order valence-corrected chi connectivity index (χ3v) is 5.77. The van der Waals surface area contributed by atoms with E-state index in [0.717, 1.165) is 11.6 Å². The Morgan fingerprint density at radius 1 is 1.15 bits per heavy atom. The van der Waals surface area contributed by atoms with Gasteiger partial charge in [0.05, 0.1) is 4.90 Å². The van der Waals surface area contributed by atoms with Gasteiger partial charge in [0.1, 0.15) is 0 Å². The molecule has 1 saturated carbocycles. The van der Waals surface area contributed by atoms with Crippen molar-refractivity contribution in [2.75, 3.05) is 19.4 Å². The first kappa shape index (κ1) is 15.3. The van der Waals surface area contributed by atoms with Crippen molar-refractivity contribution in [3.05, 3.63) is 24.3 Å². The molecule has 0 spiro atoms. The minimum absolute atomic E-state index is 0.338. The number of anilines is 1. The Kier molecular flexibility index (Phi) is 4.70. The molecule has 2 atom stereocenters. The quantitative estimate of drug-likeness (QED) is 0.929. The third kappa shape index (κ3) is 3.52. The summed E-state index contributed by atoms with van der Waals surface area (Å²) >= 11 is 0. The van der Waals surface area contributed by atoms with Crippen LogP contribution in [0.5, 0.6) is 0 Å². The molecule has 0 saturated heterocycles. The Balaban J connectivity index is 2.05. The van der Waals surface area contributed by atoms with E-state index >= 15 is 0 Å². The van der Waals surface area contributed by atoms with Crippen molar-refractivity contribution in [3.63, 3.8) is 0 Å². The minimum atomic E-state index is -3.33. The predicted octanol–water partition coefficient (Wildman–Crippen LogP) is 2.93. The summed E-state index contributed by atoms with van der Waals surface area (Å²) in [5.41, 5.74) is 1.00. The zero-order chi connectivity index (χ0) is 14.8. The van der Waals surface area contributed by atoms with Crippen LogP contribution in [0.15, 0.2) is 29.2 Å². The average Bonchev–Trinajstić information content (AvgIpc) is 2.39. The van der Waals surface area contributed by atoms with E-state index in [0.29, 0.717) is 10.9 Å². The molecule has 4 nitrogen and oxygen atoms in total. The first-order valence-electron chi connectivity index (χ1n) is 7.18. The highest BCUT2D eigenvalue weighted by Gasteiger charge is 2.19. The van der Waals surface area contributed by atoms with Gasteiger partial charge in [0.2, 0.25) is 10.0 Å². The van der Waals surface area contributed by atoms with Crippen molar-refractivity contribution in [1.82, 2.24) is 4.31 Å². The molecular weight excluding hydrogens is 272 g/mol. The van der Waals surface area contributed by atoms with Crippen LogP contribution in [-0.4, -0.2) is 32.9 Å². The van der Waals surface area contributed by atoms with E-state index in [2.05, 4.69) is 12.2 Å². The van der Waals surface area contributed by atoms with Crippen LogP contribution in [0.4, 0.5) is 5.69 Å². The lowest BCUT2D eigenvalue weighted by atomic mass is 9.87. The lowest BCUT2D eigenvalue weighted by Gasteiger charge is -2.28. The van der Waals surface area contributed by atoms with Crippen molar-refractivity contribution >= 4 is 15.7 Å². The van der Waals surface area contributed by atoms with Gasteiger partial charge in [-0.2, -0.15) is 0 Å². The number of nitrogens with zero attached hydrogens (tertiary/aromatic N) is 1. The summed E-state index contributed by atoms with van der Waals surface area (Å²) < 4.78 is 25.2. The van der Waals surface area contributed by atoms with Gasteiger partial charge in [0.25, 0.3) is 0 Å². The Labute approximate surface area is 122 Å². The molecule has 0 bridgehead atoms. The molecule has 0 radical (unpaired) electrons. The lowest BCUT2D eigenvalue weighted by molar-refractivity contribution is 0.358. The highest BCUT2D eigenvalue weighted by molar-refractivity contribution is 7.89. The van der Waals surface area contributed by atoms with Gasteiger partial charge in [-0.3, -0.25) is 0 Å².